The van der Waals surface area contributed by atoms with Gasteiger partial charge in [-0.1, -0.05) is 34.6 Å². The number of hydrogen-bond acceptors (Lipinski definition) is 3. The summed E-state index contributed by atoms with van der Waals surface area (Å²) in [6, 6.07) is 0.474. The maximum atomic E-state index is 6.37. The maximum Gasteiger partial charge on any atom is 0.148 e. The van der Waals surface area contributed by atoms with Gasteiger partial charge < -0.3 is 11.1 Å². The number of nitrogens with two attached hydrogens (primary N) is 1. The topological polar surface area (TPSA) is 55.9 Å². The zero-order valence-corrected chi connectivity index (χ0v) is 14.3. The average molecular weight is 290 g/mol. The van der Waals surface area contributed by atoms with E-state index in [1.54, 1.807) is 0 Å². The van der Waals surface area contributed by atoms with Gasteiger partial charge in [0.05, 0.1) is 11.4 Å². The quantitative estimate of drug-likeness (QED) is 0.891. The Hall–Kier alpha value is -1.19. The van der Waals surface area contributed by atoms with Gasteiger partial charge in [0.15, 0.2) is 0 Å². The molecule has 2 aliphatic rings. The van der Waals surface area contributed by atoms with E-state index in [-0.39, 0.29) is 0 Å². The molecule has 4 heteroatoms. The number of anilines is 2. The number of nitrogens with one attached hydrogen (secondary N) is 1. The number of aryl methyl sites for hydroxylation is 1. The van der Waals surface area contributed by atoms with Gasteiger partial charge in [0.2, 0.25) is 0 Å². The van der Waals surface area contributed by atoms with Crippen LogP contribution >= 0.6 is 0 Å². The molecule has 3 unspecified atom stereocenters. The van der Waals surface area contributed by atoms with Crippen LogP contribution in [0.1, 0.15) is 65.5 Å². The fraction of sp³-hybridized carbons (Fsp3) is 0.824. The lowest BCUT2D eigenvalue weighted by Gasteiger charge is -2.43. The average Bonchev–Trinajstić information content (AvgIpc) is 2.94. The molecular formula is C17H30N4. The highest BCUT2D eigenvalue weighted by Crippen LogP contribution is 2.63. The molecule has 1 aromatic rings. The molecule has 2 fully saturated rings. The van der Waals surface area contributed by atoms with E-state index in [1.807, 2.05) is 11.7 Å². The van der Waals surface area contributed by atoms with Crippen molar-refractivity contribution in [1.82, 2.24) is 9.78 Å². The zero-order chi connectivity index (χ0) is 15.6. The minimum Gasteiger partial charge on any atom is -0.394 e. The summed E-state index contributed by atoms with van der Waals surface area (Å²) in [5, 5.41) is 8.40. The molecule has 118 valence electrons. The van der Waals surface area contributed by atoms with Crippen molar-refractivity contribution in [2.24, 2.45) is 23.8 Å². The third-order valence-electron chi connectivity index (χ3n) is 6.21. The van der Waals surface area contributed by atoms with Gasteiger partial charge in [-0.15, -0.1) is 0 Å². The highest BCUT2D eigenvalue weighted by atomic mass is 15.3. The first kappa shape index (κ1) is 14.7. The van der Waals surface area contributed by atoms with E-state index in [2.05, 4.69) is 45.0 Å². The maximum absolute atomic E-state index is 6.37. The monoisotopic (exact) mass is 290 g/mol. The molecule has 0 saturated heterocycles. The van der Waals surface area contributed by atoms with E-state index in [9.17, 15) is 0 Å². The summed E-state index contributed by atoms with van der Waals surface area (Å²) in [5.41, 5.74) is 8.91. The predicted octanol–water partition coefficient (Wildman–Crippen LogP) is 3.75. The number of rotatable bonds is 3. The number of hydrogen-bond donors (Lipinski definition) is 2. The van der Waals surface area contributed by atoms with Crippen molar-refractivity contribution in [1.29, 1.82) is 0 Å². The van der Waals surface area contributed by atoms with E-state index >= 15 is 0 Å². The molecule has 21 heavy (non-hydrogen) atoms. The van der Waals surface area contributed by atoms with Gasteiger partial charge in [-0.05, 0) is 41.9 Å². The van der Waals surface area contributed by atoms with Crippen LogP contribution in [-0.4, -0.2) is 15.8 Å². The van der Waals surface area contributed by atoms with Crippen molar-refractivity contribution in [3.63, 3.8) is 0 Å². The van der Waals surface area contributed by atoms with Crippen molar-refractivity contribution in [2.75, 3.05) is 11.1 Å². The van der Waals surface area contributed by atoms with Gasteiger partial charge in [0.1, 0.15) is 5.82 Å². The van der Waals surface area contributed by atoms with Gasteiger partial charge in [0, 0.05) is 13.1 Å². The molecule has 1 heterocycles. The van der Waals surface area contributed by atoms with Crippen LogP contribution in [0.25, 0.3) is 0 Å². The number of nitrogen functional groups attached to an aromatic ring is 1. The summed E-state index contributed by atoms with van der Waals surface area (Å²) in [6.45, 7) is 11.6. The third-order valence-corrected chi connectivity index (χ3v) is 6.21. The van der Waals surface area contributed by atoms with Crippen molar-refractivity contribution in [3.05, 3.63) is 5.69 Å². The van der Waals surface area contributed by atoms with E-state index in [1.165, 1.54) is 19.3 Å². The van der Waals surface area contributed by atoms with Gasteiger partial charge in [-0.2, -0.15) is 5.10 Å². The van der Waals surface area contributed by atoms with E-state index in [0.717, 1.165) is 23.1 Å². The van der Waals surface area contributed by atoms with Gasteiger partial charge in [-0.3, -0.25) is 4.68 Å². The zero-order valence-electron chi connectivity index (χ0n) is 14.3. The van der Waals surface area contributed by atoms with Gasteiger partial charge >= 0.3 is 0 Å². The molecule has 0 spiro atoms. The summed E-state index contributed by atoms with van der Waals surface area (Å²) < 4.78 is 1.93. The minimum absolute atomic E-state index is 0.321. The Labute approximate surface area is 128 Å². The molecule has 2 saturated carbocycles. The van der Waals surface area contributed by atoms with Crippen molar-refractivity contribution < 1.29 is 0 Å². The van der Waals surface area contributed by atoms with Crippen LogP contribution in [-0.2, 0) is 7.05 Å². The van der Waals surface area contributed by atoms with Crippen LogP contribution in [0.4, 0.5) is 11.5 Å². The molecule has 3 N–H and O–H groups in total. The first-order valence-corrected chi connectivity index (χ1v) is 8.25. The second-order valence-electron chi connectivity index (χ2n) is 8.42. The predicted molar refractivity (Wildman–Crippen MR) is 88.3 cm³/mol. The molecule has 2 aliphatic carbocycles. The van der Waals surface area contributed by atoms with Gasteiger partial charge in [0.25, 0.3) is 0 Å². The van der Waals surface area contributed by atoms with Crippen LogP contribution in [0.3, 0.4) is 0 Å². The largest absolute Gasteiger partial charge is 0.394 e. The Morgan fingerprint density at radius 2 is 2.00 bits per heavy atom. The molecule has 0 radical (unpaired) electrons. The molecule has 3 rings (SSSR count). The Bertz CT molecular complexity index is 553. The Morgan fingerprint density at radius 3 is 2.48 bits per heavy atom. The molecule has 1 aromatic heterocycles. The van der Waals surface area contributed by atoms with Crippen LogP contribution in [0.2, 0.25) is 0 Å². The van der Waals surface area contributed by atoms with Crippen molar-refractivity contribution in [2.45, 2.75) is 65.8 Å². The first-order valence-electron chi connectivity index (χ1n) is 8.25. The standard InChI is InChI=1S/C17H30N4/c1-10(2)13-12(18)14(21(6)20-13)19-15-16(3,4)11-7-8-17(15,5)9-11/h10-11,15,19H,7-9,18H2,1-6H3. The molecule has 2 bridgehead atoms. The molecule has 4 nitrogen and oxygen atoms in total. The van der Waals surface area contributed by atoms with Crippen LogP contribution in [0, 0.1) is 16.7 Å². The number of aromatic nitrogens is 2. The highest BCUT2D eigenvalue weighted by molar-refractivity contribution is 5.66. The highest BCUT2D eigenvalue weighted by Gasteiger charge is 2.59. The summed E-state index contributed by atoms with van der Waals surface area (Å²) in [6.07, 6.45) is 4.04. The second kappa shape index (κ2) is 4.40. The van der Waals surface area contributed by atoms with E-state index < -0.39 is 0 Å². The normalized spacial score (nSPS) is 33.9. The Kier molecular flexibility index (Phi) is 3.09. The van der Waals surface area contributed by atoms with Crippen LogP contribution < -0.4 is 11.1 Å². The lowest BCUT2D eigenvalue weighted by Crippen LogP contribution is -2.46. The Morgan fingerprint density at radius 1 is 1.33 bits per heavy atom. The summed E-state index contributed by atoms with van der Waals surface area (Å²) in [5.74, 6) is 2.19. The van der Waals surface area contributed by atoms with Crippen LogP contribution in [0.15, 0.2) is 0 Å². The molecule has 0 aliphatic heterocycles. The molecule has 0 aromatic carbocycles. The Balaban J connectivity index is 1.94. The summed E-state index contributed by atoms with van der Waals surface area (Å²) in [4.78, 5) is 0. The third kappa shape index (κ3) is 1.98. The molecule has 3 atom stereocenters. The fourth-order valence-electron chi connectivity index (χ4n) is 4.96. The van der Waals surface area contributed by atoms with Crippen molar-refractivity contribution in [3.8, 4) is 0 Å². The summed E-state index contributed by atoms with van der Waals surface area (Å²) in [7, 11) is 1.99. The SMILES string of the molecule is CC(C)c1nn(C)c(NC2C3(C)CCC(C3)C2(C)C)c1N. The first-order chi connectivity index (χ1) is 9.67. The van der Waals surface area contributed by atoms with Crippen molar-refractivity contribution >= 4 is 11.5 Å². The van der Waals surface area contributed by atoms with E-state index in [0.29, 0.717) is 22.8 Å². The molecule has 0 amide bonds. The minimum atomic E-state index is 0.321. The molecular weight excluding hydrogens is 260 g/mol. The lowest BCUT2D eigenvalue weighted by atomic mass is 9.68. The van der Waals surface area contributed by atoms with Crippen LogP contribution in [0.5, 0.6) is 0 Å². The lowest BCUT2D eigenvalue weighted by molar-refractivity contribution is 0.155. The number of fused-ring (bicyclic) bond motifs is 2. The van der Waals surface area contributed by atoms with E-state index in [4.69, 9.17) is 5.73 Å². The fourth-order valence-corrected chi connectivity index (χ4v) is 4.96. The second-order valence-corrected chi connectivity index (χ2v) is 8.42. The number of nitrogens with zero attached hydrogens (tertiary/aromatic N) is 2. The van der Waals surface area contributed by atoms with Gasteiger partial charge in [-0.25, -0.2) is 0 Å². The smallest absolute Gasteiger partial charge is 0.148 e. The summed E-state index contributed by atoms with van der Waals surface area (Å²) >= 11 is 0.